The molecule has 0 saturated carbocycles. The summed E-state index contributed by atoms with van der Waals surface area (Å²) in [6, 6.07) is 0. The van der Waals surface area contributed by atoms with Crippen molar-refractivity contribution in [2.75, 3.05) is 31.7 Å². The third-order valence-electron chi connectivity index (χ3n) is 3.79. The predicted octanol–water partition coefficient (Wildman–Crippen LogP) is 2.41. The smallest absolute Gasteiger partial charge is 0.337 e. The fourth-order valence-electron chi connectivity index (χ4n) is 2.91. The van der Waals surface area contributed by atoms with E-state index in [1.165, 1.54) is 0 Å². The van der Waals surface area contributed by atoms with Gasteiger partial charge in [0.1, 0.15) is 0 Å². The number of ether oxygens (including phenoxy) is 1. The standard InChI is InChI=1S/C15H19N3O2S2/c1-3-20-15(19)11-7-17-13(14-16-4-5-22-14)18-8-10(9-21-2)6-12(11)18/h4-5,10H,3,6-9H2,1-2H3. The SMILES string of the molecule is CCOC(=O)C1=C2CC(CSC)CN2C(c2nccs2)=NC1. The molecule has 0 bridgehead atoms. The number of aromatic nitrogens is 1. The highest BCUT2D eigenvalue weighted by Crippen LogP contribution is 2.35. The summed E-state index contributed by atoms with van der Waals surface area (Å²) < 4.78 is 5.20. The monoisotopic (exact) mass is 337 g/mol. The second-order valence-electron chi connectivity index (χ2n) is 5.26. The van der Waals surface area contributed by atoms with E-state index in [0.29, 0.717) is 24.6 Å². The van der Waals surface area contributed by atoms with Gasteiger partial charge >= 0.3 is 5.97 Å². The van der Waals surface area contributed by atoms with Gasteiger partial charge in [-0.3, -0.25) is 4.99 Å². The van der Waals surface area contributed by atoms with Crippen LogP contribution in [-0.4, -0.2) is 53.4 Å². The van der Waals surface area contributed by atoms with Crippen LogP contribution in [-0.2, 0) is 9.53 Å². The van der Waals surface area contributed by atoms with Gasteiger partial charge < -0.3 is 9.64 Å². The summed E-state index contributed by atoms with van der Waals surface area (Å²) in [6.45, 7) is 3.52. The quantitative estimate of drug-likeness (QED) is 0.772. The van der Waals surface area contributed by atoms with Gasteiger partial charge in [0.25, 0.3) is 0 Å². The Morgan fingerprint density at radius 3 is 3.14 bits per heavy atom. The maximum absolute atomic E-state index is 12.2. The van der Waals surface area contributed by atoms with Crippen molar-refractivity contribution in [1.82, 2.24) is 9.88 Å². The molecule has 5 nitrogen and oxygen atoms in total. The predicted molar refractivity (Wildman–Crippen MR) is 90.4 cm³/mol. The number of carbonyl (C=O) groups excluding carboxylic acids is 1. The Labute approximate surface area is 138 Å². The third kappa shape index (κ3) is 2.92. The second kappa shape index (κ2) is 6.83. The van der Waals surface area contributed by atoms with Gasteiger partial charge in [0.05, 0.1) is 18.7 Å². The van der Waals surface area contributed by atoms with Crippen LogP contribution in [0.5, 0.6) is 0 Å². The number of aliphatic imine (C=N–C) groups is 1. The molecule has 22 heavy (non-hydrogen) atoms. The van der Waals surface area contributed by atoms with Crippen molar-refractivity contribution in [2.24, 2.45) is 10.9 Å². The highest BCUT2D eigenvalue weighted by atomic mass is 32.2. The Morgan fingerprint density at radius 1 is 1.59 bits per heavy atom. The molecule has 3 rings (SSSR count). The summed E-state index contributed by atoms with van der Waals surface area (Å²) in [5, 5.41) is 2.88. The zero-order valence-electron chi connectivity index (χ0n) is 12.7. The minimum absolute atomic E-state index is 0.228. The Hall–Kier alpha value is -1.34. The minimum atomic E-state index is -0.228. The first-order chi connectivity index (χ1) is 10.7. The molecule has 1 atom stereocenters. The van der Waals surface area contributed by atoms with E-state index in [9.17, 15) is 4.79 Å². The lowest BCUT2D eigenvalue weighted by molar-refractivity contribution is -0.138. The molecule has 0 aromatic carbocycles. The molecule has 0 amide bonds. The van der Waals surface area contributed by atoms with E-state index in [4.69, 9.17) is 4.74 Å². The van der Waals surface area contributed by atoms with Crippen molar-refractivity contribution in [2.45, 2.75) is 13.3 Å². The Morgan fingerprint density at radius 2 is 2.45 bits per heavy atom. The van der Waals surface area contributed by atoms with Crippen molar-refractivity contribution < 1.29 is 9.53 Å². The molecular weight excluding hydrogens is 318 g/mol. The maximum Gasteiger partial charge on any atom is 0.337 e. The molecule has 0 N–H and O–H groups in total. The van der Waals surface area contributed by atoms with Gasteiger partial charge in [-0.15, -0.1) is 11.3 Å². The first-order valence-corrected chi connectivity index (χ1v) is 9.61. The Kier molecular flexibility index (Phi) is 4.83. The molecule has 7 heteroatoms. The molecule has 2 aliphatic heterocycles. The first kappa shape index (κ1) is 15.6. The number of allylic oxidation sites excluding steroid dienone is 1. The van der Waals surface area contributed by atoms with Gasteiger partial charge in [-0.1, -0.05) is 0 Å². The van der Waals surface area contributed by atoms with Gasteiger partial charge in [-0.2, -0.15) is 11.8 Å². The fourth-order valence-corrected chi connectivity index (χ4v) is 4.26. The molecule has 2 aliphatic rings. The van der Waals surface area contributed by atoms with Crippen LogP contribution in [0.15, 0.2) is 27.8 Å². The van der Waals surface area contributed by atoms with Crippen molar-refractivity contribution in [3.05, 3.63) is 27.9 Å². The normalized spacial score (nSPS) is 20.9. The number of rotatable bonds is 5. The molecule has 1 saturated heterocycles. The van der Waals surface area contributed by atoms with E-state index >= 15 is 0 Å². The largest absolute Gasteiger partial charge is 0.463 e. The van der Waals surface area contributed by atoms with Crippen LogP contribution in [0.4, 0.5) is 0 Å². The minimum Gasteiger partial charge on any atom is -0.463 e. The summed E-state index contributed by atoms with van der Waals surface area (Å²) in [7, 11) is 0. The lowest BCUT2D eigenvalue weighted by Gasteiger charge is -2.26. The number of hydrogen-bond donors (Lipinski definition) is 0. The number of fused-ring (bicyclic) bond motifs is 1. The molecule has 3 heterocycles. The Balaban J connectivity index is 1.91. The molecule has 0 spiro atoms. The number of esters is 1. The summed E-state index contributed by atoms with van der Waals surface area (Å²) in [5.41, 5.74) is 1.79. The topological polar surface area (TPSA) is 54.8 Å². The molecule has 1 unspecified atom stereocenters. The van der Waals surface area contributed by atoms with Crippen LogP contribution in [0.2, 0.25) is 0 Å². The van der Waals surface area contributed by atoms with Crippen LogP contribution in [0, 0.1) is 5.92 Å². The van der Waals surface area contributed by atoms with Crippen molar-refractivity contribution in [3.8, 4) is 0 Å². The Bertz CT molecular complexity index is 610. The van der Waals surface area contributed by atoms with Crippen molar-refractivity contribution >= 4 is 34.9 Å². The van der Waals surface area contributed by atoms with E-state index in [1.54, 1.807) is 17.5 Å². The first-order valence-electron chi connectivity index (χ1n) is 7.34. The number of hydrogen-bond acceptors (Lipinski definition) is 7. The van der Waals surface area contributed by atoms with E-state index < -0.39 is 0 Å². The summed E-state index contributed by atoms with van der Waals surface area (Å²) >= 11 is 3.43. The molecule has 118 valence electrons. The summed E-state index contributed by atoms with van der Waals surface area (Å²) in [6.07, 6.45) is 4.83. The highest BCUT2D eigenvalue weighted by Gasteiger charge is 2.37. The molecule has 0 aliphatic carbocycles. The van der Waals surface area contributed by atoms with Crippen molar-refractivity contribution in [1.29, 1.82) is 0 Å². The van der Waals surface area contributed by atoms with Crippen molar-refractivity contribution in [3.63, 3.8) is 0 Å². The number of amidine groups is 1. The van der Waals surface area contributed by atoms with Crippen LogP contribution in [0.25, 0.3) is 0 Å². The molecule has 1 fully saturated rings. The highest BCUT2D eigenvalue weighted by molar-refractivity contribution is 7.98. The average molecular weight is 337 g/mol. The fraction of sp³-hybridized carbons (Fsp3) is 0.533. The maximum atomic E-state index is 12.2. The molecule has 0 radical (unpaired) electrons. The van der Waals surface area contributed by atoms with Gasteiger partial charge in [0, 0.05) is 23.8 Å². The number of nitrogens with zero attached hydrogens (tertiary/aromatic N) is 3. The van der Waals surface area contributed by atoms with E-state index in [-0.39, 0.29) is 5.97 Å². The van der Waals surface area contributed by atoms with E-state index in [1.807, 2.05) is 24.1 Å². The molecule has 1 aromatic heterocycles. The second-order valence-corrected chi connectivity index (χ2v) is 7.06. The van der Waals surface area contributed by atoms with E-state index in [0.717, 1.165) is 35.3 Å². The number of thioether (sulfide) groups is 1. The number of thiazole rings is 1. The summed E-state index contributed by atoms with van der Waals surface area (Å²) in [4.78, 5) is 23.4. The van der Waals surface area contributed by atoms with Gasteiger partial charge in [-0.25, -0.2) is 9.78 Å². The molecular formula is C15H19N3O2S2. The van der Waals surface area contributed by atoms with Gasteiger partial charge in [-0.05, 0) is 31.3 Å². The zero-order chi connectivity index (χ0) is 15.5. The number of carbonyl (C=O) groups is 1. The third-order valence-corrected chi connectivity index (χ3v) is 5.36. The lowest BCUT2D eigenvalue weighted by atomic mass is 10.1. The van der Waals surface area contributed by atoms with Crippen LogP contribution in [0.3, 0.4) is 0 Å². The summed E-state index contributed by atoms with van der Waals surface area (Å²) in [5.74, 6) is 2.30. The van der Waals surface area contributed by atoms with Crippen LogP contribution in [0.1, 0.15) is 18.4 Å². The average Bonchev–Trinajstić information content (AvgIpc) is 3.16. The van der Waals surface area contributed by atoms with Crippen LogP contribution >= 0.6 is 23.1 Å². The van der Waals surface area contributed by atoms with Gasteiger partial charge in [0.15, 0.2) is 10.8 Å². The zero-order valence-corrected chi connectivity index (χ0v) is 14.4. The lowest BCUT2D eigenvalue weighted by Crippen LogP contribution is -2.34. The molecule has 1 aromatic rings. The van der Waals surface area contributed by atoms with E-state index in [2.05, 4.69) is 21.1 Å². The van der Waals surface area contributed by atoms with Gasteiger partial charge in [0.2, 0.25) is 0 Å². The van der Waals surface area contributed by atoms with Crippen LogP contribution < -0.4 is 0 Å².